The summed E-state index contributed by atoms with van der Waals surface area (Å²) >= 11 is 0. The number of hydrogen-bond donors (Lipinski definition) is 1. The Kier molecular flexibility index (Phi) is 5.45. The van der Waals surface area contributed by atoms with Gasteiger partial charge in [-0.3, -0.25) is 4.79 Å². The molecule has 1 aliphatic heterocycles. The lowest BCUT2D eigenvalue weighted by atomic mass is 9.79. The molecule has 2 aromatic carbocycles. The maximum Gasteiger partial charge on any atom is 0.275 e. The summed E-state index contributed by atoms with van der Waals surface area (Å²) in [7, 11) is 3.71. The van der Waals surface area contributed by atoms with E-state index in [1.807, 2.05) is 6.07 Å². The van der Waals surface area contributed by atoms with E-state index in [9.17, 15) is 4.79 Å². The molecule has 0 aliphatic carbocycles. The van der Waals surface area contributed by atoms with Crippen molar-refractivity contribution in [1.29, 1.82) is 0 Å². The number of hydrogen-bond acceptors (Lipinski definition) is 4. The van der Waals surface area contributed by atoms with Gasteiger partial charge < -0.3 is 9.64 Å². The van der Waals surface area contributed by atoms with E-state index in [-0.39, 0.29) is 11.4 Å². The fraction of sp³-hybridized carbons (Fsp3) is 0.391. The van der Waals surface area contributed by atoms with Crippen LogP contribution in [0.1, 0.15) is 60.2 Å². The van der Waals surface area contributed by atoms with Crippen molar-refractivity contribution in [3.63, 3.8) is 0 Å². The zero-order chi connectivity index (χ0) is 20.5. The largest absolute Gasteiger partial charge is 0.496 e. The SMILES string of the molecule is COc1ccccc1C(=O)N/N=C\c1cc2c(cc1C)N(C)C(C)(C)C[C@@H]2C. The molecule has 0 unspecified atom stereocenters. The van der Waals surface area contributed by atoms with Crippen molar-refractivity contribution in [2.45, 2.75) is 45.6 Å². The fourth-order valence-corrected chi connectivity index (χ4v) is 3.93. The van der Waals surface area contributed by atoms with Crippen LogP contribution in [0.5, 0.6) is 5.75 Å². The summed E-state index contributed by atoms with van der Waals surface area (Å²) in [6, 6.07) is 11.5. The standard InChI is InChI=1S/C23H29N3O2/c1-15-11-20-19(16(2)13-23(3,4)26(20)5)12-17(15)14-24-25-22(27)18-9-7-8-10-21(18)28-6/h7-12,14,16H,13H2,1-6H3,(H,25,27)/b24-14-/t16-/m0/s1. The first kappa shape index (κ1) is 19.9. The second-order valence-electron chi connectivity index (χ2n) is 8.14. The highest BCUT2D eigenvalue weighted by Crippen LogP contribution is 2.43. The van der Waals surface area contributed by atoms with Gasteiger partial charge in [-0.2, -0.15) is 5.10 Å². The third-order valence-corrected chi connectivity index (χ3v) is 5.74. The Hall–Kier alpha value is -2.82. The van der Waals surface area contributed by atoms with Gasteiger partial charge in [-0.1, -0.05) is 19.1 Å². The topological polar surface area (TPSA) is 53.9 Å². The molecule has 0 radical (unpaired) electrons. The minimum Gasteiger partial charge on any atom is -0.496 e. The van der Waals surface area contributed by atoms with Crippen LogP contribution >= 0.6 is 0 Å². The predicted octanol–water partition coefficient (Wildman–Crippen LogP) is 4.49. The van der Waals surface area contributed by atoms with Crippen LogP contribution in [0.15, 0.2) is 41.5 Å². The van der Waals surface area contributed by atoms with Crippen LogP contribution in [-0.4, -0.2) is 31.8 Å². The fourth-order valence-electron chi connectivity index (χ4n) is 3.93. The third kappa shape index (κ3) is 3.75. The average Bonchev–Trinajstić information content (AvgIpc) is 2.66. The second kappa shape index (κ2) is 7.66. The normalized spacial score (nSPS) is 18.1. The number of ether oxygens (including phenoxy) is 1. The molecule has 0 aromatic heterocycles. The lowest BCUT2D eigenvalue weighted by Gasteiger charge is -2.45. The van der Waals surface area contributed by atoms with Crippen LogP contribution in [0.2, 0.25) is 0 Å². The lowest BCUT2D eigenvalue weighted by Crippen LogP contribution is -2.45. The number of anilines is 1. The quantitative estimate of drug-likeness (QED) is 0.629. The Morgan fingerprint density at radius 1 is 1.32 bits per heavy atom. The minimum atomic E-state index is -0.292. The van der Waals surface area contributed by atoms with E-state index in [1.54, 1.807) is 31.5 Å². The number of benzene rings is 2. The molecule has 3 rings (SSSR count). The number of nitrogens with zero attached hydrogens (tertiary/aromatic N) is 2. The van der Waals surface area contributed by atoms with E-state index in [0.717, 1.165) is 17.5 Å². The van der Waals surface area contributed by atoms with Crippen molar-refractivity contribution in [3.8, 4) is 5.75 Å². The Balaban J connectivity index is 1.82. The highest BCUT2D eigenvalue weighted by molar-refractivity contribution is 5.97. The zero-order valence-corrected chi connectivity index (χ0v) is 17.5. The summed E-state index contributed by atoms with van der Waals surface area (Å²) in [5.74, 6) is 0.705. The van der Waals surface area contributed by atoms with Gasteiger partial charge in [0.1, 0.15) is 5.75 Å². The molecule has 1 heterocycles. The zero-order valence-electron chi connectivity index (χ0n) is 17.5. The Labute approximate surface area is 167 Å². The maximum absolute atomic E-state index is 12.4. The molecule has 5 heteroatoms. The number of hydrazone groups is 1. The number of amides is 1. The molecule has 2 aromatic rings. The maximum atomic E-state index is 12.4. The molecule has 0 bridgehead atoms. The second-order valence-corrected chi connectivity index (χ2v) is 8.14. The van der Waals surface area contributed by atoms with E-state index in [1.165, 1.54) is 11.3 Å². The van der Waals surface area contributed by atoms with Gasteiger partial charge in [0.15, 0.2) is 0 Å². The molecule has 1 aliphatic rings. The molecule has 1 N–H and O–H groups in total. The molecule has 0 fully saturated rings. The molecule has 5 nitrogen and oxygen atoms in total. The summed E-state index contributed by atoms with van der Waals surface area (Å²) in [4.78, 5) is 14.7. The molecule has 148 valence electrons. The molecule has 0 spiro atoms. The number of carbonyl (C=O) groups is 1. The van der Waals surface area contributed by atoms with Gasteiger partial charge in [-0.25, -0.2) is 5.43 Å². The molecule has 0 saturated heterocycles. The van der Waals surface area contributed by atoms with E-state index in [2.05, 4.69) is 62.3 Å². The first-order chi connectivity index (χ1) is 13.2. The van der Waals surface area contributed by atoms with Crippen LogP contribution in [0, 0.1) is 6.92 Å². The minimum absolute atomic E-state index is 0.136. The molecular weight excluding hydrogens is 350 g/mol. The van der Waals surface area contributed by atoms with Crippen LogP contribution in [0.25, 0.3) is 0 Å². The highest BCUT2D eigenvalue weighted by atomic mass is 16.5. The first-order valence-corrected chi connectivity index (χ1v) is 9.59. The van der Waals surface area contributed by atoms with Gasteiger partial charge in [0, 0.05) is 18.3 Å². The van der Waals surface area contributed by atoms with E-state index < -0.39 is 0 Å². The number of para-hydroxylation sites is 1. The van der Waals surface area contributed by atoms with Crippen LogP contribution in [0.3, 0.4) is 0 Å². The van der Waals surface area contributed by atoms with Crippen molar-refractivity contribution in [1.82, 2.24) is 5.43 Å². The van der Waals surface area contributed by atoms with Gasteiger partial charge >= 0.3 is 0 Å². The Morgan fingerprint density at radius 2 is 2.04 bits per heavy atom. The summed E-state index contributed by atoms with van der Waals surface area (Å²) in [6.45, 7) is 8.91. The molecular formula is C23H29N3O2. The van der Waals surface area contributed by atoms with E-state index >= 15 is 0 Å². The number of rotatable bonds is 4. The summed E-state index contributed by atoms with van der Waals surface area (Å²) in [5, 5.41) is 4.18. The number of aryl methyl sites for hydroxylation is 1. The average molecular weight is 380 g/mol. The highest BCUT2D eigenvalue weighted by Gasteiger charge is 2.34. The number of fused-ring (bicyclic) bond motifs is 1. The number of methoxy groups -OCH3 is 1. The Morgan fingerprint density at radius 3 is 2.75 bits per heavy atom. The van der Waals surface area contributed by atoms with Gasteiger partial charge in [-0.05, 0) is 74.1 Å². The van der Waals surface area contributed by atoms with Crippen molar-refractivity contribution in [3.05, 3.63) is 58.7 Å². The number of carbonyl (C=O) groups excluding carboxylic acids is 1. The molecule has 0 saturated carbocycles. The molecule has 1 atom stereocenters. The van der Waals surface area contributed by atoms with Gasteiger partial charge in [0.2, 0.25) is 0 Å². The van der Waals surface area contributed by atoms with Gasteiger partial charge in [-0.15, -0.1) is 0 Å². The van der Waals surface area contributed by atoms with Gasteiger partial charge in [0.25, 0.3) is 5.91 Å². The lowest BCUT2D eigenvalue weighted by molar-refractivity contribution is 0.0952. The number of nitrogens with one attached hydrogen (secondary N) is 1. The summed E-state index contributed by atoms with van der Waals surface area (Å²) < 4.78 is 5.23. The van der Waals surface area contributed by atoms with Crippen LogP contribution < -0.4 is 15.1 Å². The third-order valence-electron chi connectivity index (χ3n) is 5.74. The summed E-state index contributed by atoms with van der Waals surface area (Å²) in [6.07, 6.45) is 2.82. The smallest absolute Gasteiger partial charge is 0.275 e. The Bertz CT molecular complexity index is 918. The predicted molar refractivity (Wildman–Crippen MR) is 115 cm³/mol. The first-order valence-electron chi connectivity index (χ1n) is 9.59. The van der Waals surface area contributed by atoms with Crippen LogP contribution in [-0.2, 0) is 0 Å². The molecule has 28 heavy (non-hydrogen) atoms. The van der Waals surface area contributed by atoms with Crippen LogP contribution in [0.4, 0.5) is 5.69 Å². The monoisotopic (exact) mass is 379 g/mol. The van der Waals surface area contributed by atoms with Crippen molar-refractivity contribution >= 4 is 17.8 Å². The van der Waals surface area contributed by atoms with Crippen molar-refractivity contribution in [2.24, 2.45) is 5.10 Å². The molecule has 1 amide bonds. The summed E-state index contributed by atoms with van der Waals surface area (Å²) in [5.41, 5.74) is 7.94. The van der Waals surface area contributed by atoms with E-state index in [4.69, 9.17) is 4.74 Å². The van der Waals surface area contributed by atoms with E-state index in [0.29, 0.717) is 17.2 Å². The van der Waals surface area contributed by atoms with Gasteiger partial charge in [0.05, 0.1) is 18.9 Å². The van der Waals surface area contributed by atoms with Crippen molar-refractivity contribution < 1.29 is 9.53 Å². The van der Waals surface area contributed by atoms with Crippen molar-refractivity contribution in [2.75, 3.05) is 19.1 Å².